The first-order chi connectivity index (χ1) is 15.7. The summed E-state index contributed by atoms with van der Waals surface area (Å²) in [6, 6.07) is 21.4. The molecule has 5 nitrogen and oxygen atoms in total. The first-order valence-electron chi connectivity index (χ1n) is 11.1. The second-order valence-electron chi connectivity index (χ2n) is 8.25. The van der Waals surface area contributed by atoms with Crippen LogP contribution in [-0.4, -0.2) is 19.7 Å². The summed E-state index contributed by atoms with van der Waals surface area (Å²) in [6.45, 7) is 3.66. The van der Waals surface area contributed by atoms with Crippen LogP contribution in [0.15, 0.2) is 65.0 Å². The Balaban J connectivity index is 0.00000259. The number of nitrogens with zero attached hydrogens (tertiary/aromatic N) is 5. The average Bonchev–Trinajstić information content (AvgIpc) is 3.32. The lowest BCUT2D eigenvalue weighted by molar-refractivity contribution is 0.521. The zero-order valence-corrected chi connectivity index (χ0v) is 21.1. The normalized spacial score (nSPS) is 16.8. The Labute approximate surface area is 209 Å². The molecule has 33 heavy (non-hydrogen) atoms. The summed E-state index contributed by atoms with van der Waals surface area (Å²) in [5.74, 6) is 1.69. The van der Waals surface area contributed by atoms with Crippen LogP contribution in [0, 0.1) is 18.3 Å². The van der Waals surface area contributed by atoms with Crippen LogP contribution in [0.2, 0.25) is 0 Å². The molecular formula is C26H26BrN5S. The zero-order chi connectivity index (χ0) is 21.9. The number of hydrogen-bond donors (Lipinski definition) is 0. The Morgan fingerprint density at radius 2 is 1.82 bits per heavy atom. The van der Waals surface area contributed by atoms with Crippen LogP contribution < -0.4 is 0 Å². The number of fused-ring (bicyclic) bond motifs is 1. The van der Waals surface area contributed by atoms with E-state index in [2.05, 4.69) is 86.6 Å². The maximum atomic E-state index is 10.3. The number of aromatic nitrogens is 3. The van der Waals surface area contributed by atoms with Crippen molar-refractivity contribution < 1.29 is 0 Å². The highest BCUT2D eigenvalue weighted by atomic mass is 79.9. The van der Waals surface area contributed by atoms with Gasteiger partial charge < -0.3 is 9.47 Å². The molecule has 5 rings (SSSR count). The van der Waals surface area contributed by atoms with E-state index >= 15 is 0 Å². The number of rotatable bonds is 4. The van der Waals surface area contributed by atoms with Crippen LogP contribution in [0.5, 0.6) is 0 Å². The van der Waals surface area contributed by atoms with Crippen molar-refractivity contribution in [2.75, 3.05) is 0 Å². The predicted octanol–water partition coefficient (Wildman–Crippen LogP) is 6.33. The van der Waals surface area contributed by atoms with Gasteiger partial charge in [0.15, 0.2) is 5.82 Å². The predicted molar refractivity (Wildman–Crippen MR) is 139 cm³/mol. The molecule has 0 saturated carbocycles. The highest BCUT2D eigenvalue weighted by Gasteiger charge is 2.29. The molecule has 0 aliphatic carbocycles. The fourth-order valence-corrected chi connectivity index (χ4v) is 5.31. The second kappa shape index (κ2) is 10.4. The minimum atomic E-state index is 0. The second-order valence-corrected chi connectivity index (χ2v) is 9.11. The standard InChI is InChI=1S/C26H25N5S.BrH/c1-19-11-13-21(14-12-19)23-18-32-26(31(23)17-20-8-4-2-5-9-20)22(16-27)25-29-28-24-10-6-3-7-15-30(24)25;/h2,4-5,8-9,11-14,18H,3,6-7,10,15,17H2,1H3;1H. The third-order valence-corrected chi connectivity index (χ3v) is 7.00. The maximum Gasteiger partial charge on any atom is 0.177 e. The van der Waals surface area contributed by atoms with E-state index in [1.807, 2.05) is 6.07 Å². The Morgan fingerprint density at radius 1 is 1.03 bits per heavy atom. The molecule has 2 aliphatic heterocycles. The minimum absolute atomic E-state index is 0. The minimum Gasteiger partial charge on any atom is -0.329 e. The Hall–Kier alpha value is -2.82. The fraction of sp³-hybridized carbons (Fsp3) is 0.269. The van der Waals surface area contributed by atoms with E-state index in [0.717, 1.165) is 47.9 Å². The van der Waals surface area contributed by atoms with E-state index < -0.39 is 0 Å². The summed E-state index contributed by atoms with van der Waals surface area (Å²) in [5.41, 5.74) is 5.28. The summed E-state index contributed by atoms with van der Waals surface area (Å²) in [7, 11) is 0. The summed E-state index contributed by atoms with van der Waals surface area (Å²) < 4.78 is 2.16. The summed E-state index contributed by atoms with van der Waals surface area (Å²) >= 11 is 1.60. The number of aryl methyl sites for hydroxylation is 2. The summed E-state index contributed by atoms with van der Waals surface area (Å²) in [4.78, 5) is 2.25. The quantitative estimate of drug-likeness (QED) is 0.377. The van der Waals surface area contributed by atoms with Gasteiger partial charge in [0.1, 0.15) is 22.5 Å². The van der Waals surface area contributed by atoms with E-state index in [1.54, 1.807) is 11.8 Å². The molecule has 2 aliphatic rings. The third-order valence-electron chi connectivity index (χ3n) is 6.01. The fourth-order valence-electron chi connectivity index (χ4n) is 4.28. The molecule has 2 aromatic carbocycles. The molecule has 3 aromatic rings. The van der Waals surface area contributed by atoms with E-state index in [0.29, 0.717) is 17.9 Å². The number of halogens is 1. The third kappa shape index (κ3) is 4.78. The van der Waals surface area contributed by atoms with Gasteiger partial charge in [-0.1, -0.05) is 78.3 Å². The molecule has 168 valence electrons. The lowest BCUT2D eigenvalue weighted by Crippen LogP contribution is -2.18. The molecule has 0 bridgehead atoms. The highest BCUT2D eigenvalue weighted by Crippen LogP contribution is 2.44. The largest absolute Gasteiger partial charge is 0.329 e. The van der Waals surface area contributed by atoms with Crippen LogP contribution in [0.25, 0.3) is 11.3 Å². The van der Waals surface area contributed by atoms with Gasteiger partial charge >= 0.3 is 0 Å². The Bertz CT molecular complexity index is 1220. The topological polar surface area (TPSA) is 57.7 Å². The van der Waals surface area contributed by atoms with E-state index in [1.165, 1.54) is 17.5 Å². The number of nitriles is 1. The molecule has 0 amide bonds. The first-order valence-corrected chi connectivity index (χ1v) is 11.9. The maximum absolute atomic E-state index is 10.3. The highest BCUT2D eigenvalue weighted by molar-refractivity contribution is 8.93. The number of allylic oxidation sites excluding steroid dienone is 1. The molecule has 0 atom stereocenters. The Morgan fingerprint density at radius 3 is 2.58 bits per heavy atom. The van der Waals surface area contributed by atoms with Crippen LogP contribution in [0.1, 0.15) is 47.6 Å². The van der Waals surface area contributed by atoms with Crippen molar-refractivity contribution in [1.82, 2.24) is 19.7 Å². The van der Waals surface area contributed by atoms with Crippen LogP contribution in [0.4, 0.5) is 0 Å². The number of thioether (sulfide) groups is 1. The lowest BCUT2D eigenvalue weighted by Gasteiger charge is -2.25. The monoisotopic (exact) mass is 519 g/mol. The van der Waals surface area contributed by atoms with Gasteiger partial charge in [0.05, 0.1) is 5.70 Å². The Kier molecular flexibility index (Phi) is 7.36. The van der Waals surface area contributed by atoms with Gasteiger partial charge in [-0.3, -0.25) is 0 Å². The molecule has 0 unspecified atom stereocenters. The summed E-state index contributed by atoms with van der Waals surface area (Å²) in [5, 5.41) is 22.2. The van der Waals surface area contributed by atoms with Gasteiger partial charge in [-0.15, -0.1) is 27.2 Å². The van der Waals surface area contributed by atoms with Crippen molar-refractivity contribution in [1.29, 1.82) is 5.26 Å². The van der Waals surface area contributed by atoms with E-state index in [9.17, 15) is 5.26 Å². The molecule has 0 radical (unpaired) electrons. The van der Waals surface area contributed by atoms with Gasteiger partial charge in [-0.2, -0.15) is 5.26 Å². The molecule has 7 heteroatoms. The van der Waals surface area contributed by atoms with Crippen molar-refractivity contribution in [2.45, 2.75) is 45.7 Å². The van der Waals surface area contributed by atoms with Gasteiger partial charge in [0.2, 0.25) is 0 Å². The molecule has 0 saturated heterocycles. The number of hydrogen-bond acceptors (Lipinski definition) is 5. The van der Waals surface area contributed by atoms with Crippen LogP contribution in [-0.2, 0) is 19.5 Å². The lowest BCUT2D eigenvalue weighted by atomic mass is 10.1. The molecule has 3 heterocycles. The molecular weight excluding hydrogens is 494 g/mol. The molecule has 0 spiro atoms. The van der Waals surface area contributed by atoms with Crippen molar-refractivity contribution in [3.05, 3.63) is 93.4 Å². The number of benzene rings is 2. The van der Waals surface area contributed by atoms with Gasteiger partial charge in [-0.25, -0.2) is 0 Å². The average molecular weight is 521 g/mol. The van der Waals surface area contributed by atoms with E-state index in [-0.39, 0.29) is 17.0 Å². The van der Waals surface area contributed by atoms with Crippen LogP contribution in [0.3, 0.4) is 0 Å². The molecule has 0 fully saturated rings. The van der Waals surface area contributed by atoms with Crippen molar-refractivity contribution >= 4 is 40.0 Å². The van der Waals surface area contributed by atoms with Gasteiger partial charge in [-0.05, 0) is 30.9 Å². The van der Waals surface area contributed by atoms with Crippen molar-refractivity contribution in [3.63, 3.8) is 0 Å². The van der Waals surface area contributed by atoms with Crippen molar-refractivity contribution in [3.8, 4) is 6.07 Å². The zero-order valence-electron chi connectivity index (χ0n) is 18.6. The summed E-state index contributed by atoms with van der Waals surface area (Å²) in [6.07, 6.45) is 4.34. The van der Waals surface area contributed by atoms with Crippen LogP contribution >= 0.6 is 28.7 Å². The van der Waals surface area contributed by atoms with Gasteiger partial charge in [0, 0.05) is 24.9 Å². The SMILES string of the molecule is Br.Cc1ccc(C2=CSC(=C(C#N)c3nnc4n3CCCCC4)N2Cc2ccccc2)cc1. The molecule has 1 aromatic heterocycles. The van der Waals surface area contributed by atoms with E-state index in [4.69, 9.17) is 0 Å². The molecule has 0 N–H and O–H groups in total. The van der Waals surface area contributed by atoms with Crippen molar-refractivity contribution in [2.24, 2.45) is 0 Å². The first kappa shape index (κ1) is 23.3. The van der Waals surface area contributed by atoms with Gasteiger partial charge in [0.25, 0.3) is 0 Å². The smallest absolute Gasteiger partial charge is 0.177 e.